The van der Waals surface area contributed by atoms with Crippen LogP contribution in [0.2, 0.25) is 0 Å². The molecule has 0 amide bonds. The topological polar surface area (TPSA) is 49.9 Å². The predicted molar refractivity (Wildman–Crippen MR) is 68.8 cm³/mol. The fourth-order valence-corrected chi connectivity index (χ4v) is 3.17. The van der Waals surface area contributed by atoms with Crippen LogP contribution in [0.1, 0.15) is 0 Å². The zero-order chi connectivity index (χ0) is 12.0. The van der Waals surface area contributed by atoms with Crippen LogP contribution in [-0.4, -0.2) is 13.4 Å². The lowest BCUT2D eigenvalue weighted by Crippen LogP contribution is -1.91. The smallest absolute Gasteiger partial charge is 0.261 e. The molecule has 0 aliphatic heterocycles. The molecule has 0 radical (unpaired) electrons. The number of nitrogens with one attached hydrogen (secondary N) is 1. The van der Waals surface area contributed by atoms with Crippen molar-refractivity contribution in [2.24, 2.45) is 0 Å². The SMILES string of the molecule is O=S(=O)(Cl)c1cccc2c1ccc1c[nH]cc12. The standard InChI is InChI=1S/C12H8ClNO2S/c13-17(15,16)12-3-1-2-9-10(12)5-4-8-6-14-7-11(8)9/h1-7,14H. The molecular formula is C12H8ClNO2S. The predicted octanol–water partition coefficient (Wildman–Crippen LogP) is 3.25. The summed E-state index contributed by atoms with van der Waals surface area (Å²) in [4.78, 5) is 3.16. The van der Waals surface area contributed by atoms with Crippen molar-refractivity contribution in [3.63, 3.8) is 0 Å². The Balaban J connectivity index is 2.57. The number of fused-ring (bicyclic) bond motifs is 3. The van der Waals surface area contributed by atoms with Gasteiger partial charge in [0.05, 0.1) is 4.90 Å². The van der Waals surface area contributed by atoms with Crippen LogP contribution in [0.15, 0.2) is 47.6 Å². The first-order chi connectivity index (χ1) is 8.07. The Morgan fingerprint density at radius 3 is 2.53 bits per heavy atom. The number of aromatic nitrogens is 1. The van der Waals surface area contributed by atoms with Gasteiger partial charge in [0.25, 0.3) is 9.05 Å². The molecule has 2 aromatic carbocycles. The number of rotatable bonds is 1. The average Bonchev–Trinajstić information content (AvgIpc) is 2.75. The Bertz CT molecular complexity index is 821. The van der Waals surface area contributed by atoms with Crippen LogP contribution >= 0.6 is 10.7 Å². The summed E-state index contributed by atoms with van der Waals surface area (Å²) in [6.45, 7) is 0. The van der Waals surface area contributed by atoms with E-state index in [2.05, 4.69) is 4.98 Å². The van der Waals surface area contributed by atoms with E-state index < -0.39 is 9.05 Å². The Morgan fingerprint density at radius 2 is 1.76 bits per heavy atom. The Morgan fingerprint density at radius 1 is 0.941 bits per heavy atom. The molecule has 0 fully saturated rings. The van der Waals surface area contributed by atoms with Crippen molar-refractivity contribution in [1.82, 2.24) is 4.98 Å². The fourth-order valence-electron chi connectivity index (χ4n) is 2.08. The maximum atomic E-state index is 11.5. The van der Waals surface area contributed by atoms with Crippen LogP contribution in [0.4, 0.5) is 0 Å². The van der Waals surface area contributed by atoms with Crippen molar-refractivity contribution >= 4 is 41.3 Å². The van der Waals surface area contributed by atoms with Gasteiger partial charge in [0.2, 0.25) is 0 Å². The van der Waals surface area contributed by atoms with Crippen molar-refractivity contribution in [1.29, 1.82) is 0 Å². The number of hydrogen-bond donors (Lipinski definition) is 1. The first kappa shape index (κ1) is 10.6. The second-order valence-electron chi connectivity index (χ2n) is 3.81. The van der Waals surface area contributed by atoms with Crippen molar-refractivity contribution < 1.29 is 8.42 Å². The maximum absolute atomic E-state index is 11.5. The Labute approximate surface area is 102 Å². The summed E-state index contributed by atoms with van der Waals surface area (Å²) in [7, 11) is 1.71. The molecule has 0 saturated carbocycles. The third kappa shape index (κ3) is 1.61. The second kappa shape index (κ2) is 3.48. The maximum Gasteiger partial charge on any atom is 0.261 e. The minimum Gasteiger partial charge on any atom is -0.366 e. The molecule has 0 atom stereocenters. The van der Waals surface area contributed by atoms with E-state index >= 15 is 0 Å². The molecule has 86 valence electrons. The van der Waals surface area contributed by atoms with Crippen LogP contribution < -0.4 is 0 Å². The van der Waals surface area contributed by atoms with Gasteiger partial charge >= 0.3 is 0 Å². The minimum atomic E-state index is -3.72. The van der Waals surface area contributed by atoms with E-state index in [1.54, 1.807) is 12.1 Å². The molecule has 0 spiro atoms. The molecular weight excluding hydrogens is 258 g/mol. The van der Waals surface area contributed by atoms with Gasteiger partial charge in [-0.2, -0.15) is 0 Å². The van der Waals surface area contributed by atoms with Crippen molar-refractivity contribution in [2.75, 3.05) is 0 Å². The number of aromatic amines is 1. The van der Waals surface area contributed by atoms with E-state index in [1.165, 1.54) is 6.07 Å². The lowest BCUT2D eigenvalue weighted by atomic mass is 10.1. The number of benzene rings is 2. The van der Waals surface area contributed by atoms with Crippen LogP contribution in [-0.2, 0) is 9.05 Å². The van der Waals surface area contributed by atoms with Crippen LogP contribution in [0.3, 0.4) is 0 Å². The van der Waals surface area contributed by atoms with Crippen molar-refractivity contribution in [3.05, 3.63) is 42.7 Å². The van der Waals surface area contributed by atoms with Gasteiger partial charge in [-0.15, -0.1) is 0 Å². The van der Waals surface area contributed by atoms with E-state index in [0.717, 1.165) is 16.2 Å². The first-order valence-corrected chi connectivity index (χ1v) is 7.31. The Kier molecular flexibility index (Phi) is 2.18. The molecule has 0 bridgehead atoms. The largest absolute Gasteiger partial charge is 0.366 e. The summed E-state index contributed by atoms with van der Waals surface area (Å²) in [5.74, 6) is 0. The lowest BCUT2D eigenvalue weighted by molar-refractivity contribution is 0.610. The highest BCUT2D eigenvalue weighted by Gasteiger charge is 2.14. The van der Waals surface area contributed by atoms with Gasteiger partial charge < -0.3 is 4.98 Å². The molecule has 17 heavy (non-hydrogen) atoms. The quantitative estimate of drug-likeness (QED) is 0.687. The third-order valence-corrected chi connectivity index (χ3v) is 4.21. The zero-order valence-electron chi connectivity index (χ0n) is 8.64. The number of hydrogen-bond acceptors (Lipinski definition) is 2. The van der Waals surface area contributed by atoms with E-state index in [0.29, 0.717) is 5.39 Å². The molecule has 1 heterocycles. The highest BCUT2D eigenvalue weighted by atomic mass is 35.7. The van der Waals surface area contributed by atoms with E-state index in [1.807, 2.05) is 24.5 Å². The van der Waals surface area contributed by atoms with Crippen molar-refractivity contribution in [2.45, 2.75) is 4.90 Å². The van der Waals surface area contributed by atoms with Gasteiger partial charge in [0, 0.05) is 33.8 Å². The average molecular weight is 266 g/mol. The van der Waals surface area contributed by atoms with Crippen molar-refractivity contribution in [3.8, 4) is 0 Å². The summed E-state index contributed by atoms with van der Waals surface area (Å²) >= 11 is 0. The van der Waals surface area contributed by atoms with Gasteiger partial charge in [0.15, 0.2) is 0 Å². The normalized spacial score (nSPS) is 12.3. The highest BCUT2D eigenvalue weighted by Crippen LogP contribution is 2.30. The summed E-state index contributed by atoms with van der Waals surface area (Å²) in [6.07, 6.45) is 3.72. The molecule has 0 aliphatic rings. The molecule has 5 heteroatoms. The van der Waals surface area contributed by atoms with E-state index in [9.17, 15) is 8.42 Å². The third-order valence-electron chi connectivity index (χ3n) is 2.83. The molecule has 3 aromatic rings. The molecule has 1 N–H and O–H groups in total. The minimum absolute atomic E-state index is 0.153. The van der Waals surface area contributed by atoms with Gasteiger partial charge in [0.1, 0.15) is 0 Å². The molecule has 0 unspecified atom stereocenters. The summed E-state index contributed by atoms with van der Waals surface area (Å²) < 4.78 is 23.0. The monoisotopic (exact) mass is 265 g/mol. The van der Waals surface area contributed by atoms with Crippen LogP contribution in [0.25, 0.3) is 21.5 Å². The van der Waals surface area contributed by atoms with Gasteiger partial charge in [-0.25, -0.2) is 8.42 Å². The van der Waals surface area contributed by atoms with Gasteiger partial charge in [-0.1, -0.05) is 24.3 Å². The van der Waals surface area contributed by atoms with Crippen LogP contribution in [0.5, 0.6) is 0 Å². The summed E-state index contributed by atoms with van der Waals surface area (Å²) in [5, 5.41) is 3.56. The molecule has 3 rings (SSSR count). The summed E-state index contributed by atoms with van der Waals surface area (Å²) in [6, 6.07) is 8.75. The lowest BCUT2D eigenvalue weighted by Gasteiger charge is -2.04. The number of H-pyrrole nitrogens is 1. The Hall–Kier alpha value is -1.52. The van der Waals surface area contributed by atoms with E-state index in [4.69, 9.17) is 10.7 Å². The molecule has 0 aliphatic carbocycles. The highest BCUT2D eigenvalue weighted by molar-refractivity contribution is 8.14. The molecule has 0 saturated heterocycles. The molecule has 1 aromatic heterocycles. The van der Waals surface area contributed by atoms with Gasteiger partial charge in [-0.05, 0) is 16.8 Å². The first-order valence-electron chi connectivity index (χ1n) is 5.00. The second-order valence-corrected chi connectivity index (χ2v) is 6.35. The zero-order valence-corrected chi connectivity index (χ0v) is 10.2. The summed E-state index contributed by atoms with van der Waals surface area (Å²) in [5.41, 5.74) is 0. The van der Waals surface area contributed by atoms with Crippen LogP contribution in [0, 0.1) is 0 Å². The number of halogens is 1. The fraction of sp³-hybridized carbons (Fsp3) is 0. The van der Waals surface area contributed by atoms with E-state index in [-0.39, 0.29) is 4.90 Å². The van der Waals surface area contributed by atoms with Gasteiger partial charge in [-0.3, -0.25) is 0 Å². The molecule has 3 nitrogen and oxygen atoms in total.